The molecule has 27 heavy (non-hydrogen) atoms. The van der Waals surface area contributed by atoms with Crippen LogP contribution in [0.25, 0.3) is 11.3 Å². The Balaban J connectivity index is 1.61. The first-order valence-corrected chi connectivity index (χ1v) is 8.72. The van der Waals surface area contributed by atoms with Gasteiger partial charge in [-0.25, -0.2) is 13.8 Å². The quantitative estimate of drug-likeness (QED) is 0.695. The topological polar surface area (TPSA) is 49.0 Å². The molecule has 1 heterocycles. The molecular formula is C21H21F2N3O. The number of amides is 1. The number of aromatic nitrogens is 2. The summed E-state index contributed by atoms with van der Waals surface area (Å²) < 4.78 is 26.9. The van der Waals surface area contributed by atoms with Crippen LogP contribution in [0.15, 0.2) is 54.7 Å². The Kier molecular flexibility index (Phi) is 5.64. The number of nitrogens with one attached hydrogen (secondary N) is 1. The maximum Gasteiger partial charge on any atom is 0.223 e. The highest BCUT2D eigenvalue weighted by Gasteiger charge is 2.19. The Morgan fingerprint density at radius 3 is 2.63 bits per heavy atom. The number of carbonyl (C=O) groups excluding carboxylic acids is 1. The molecule has 6 heteroatoms. The summed E-state index contributed by atoms with van der Waals surface area (Å²) in [5, 5.41) is 0. The van der Waals surface area contributed by atoms with Crippen LogP contribution < -0.4 is 0 Å². The molecule has 0 saturated carbocycles. The molecule has 1 aromatic heterocycles. The van der Waals surface area contributed by atoms with Gasteiger partial charge in [-0.1, -0.05) is 43.3 Å². The Bertz CT molecular complexity index is 924. The average Bonchev–Trinajstić information content (AvgIpc) is 3.10. The molecule has 1 amide bonds. The number of rotatable bonds is 6. The van der Waals surface area contributed by atoms with Crippen LogP contribution in [-0.4, -0.2) is 27.8 Å². The first kappa shape index (κ1) is 18.8. The minimum absolute atomic E-state index is 0.130. The van der Waals surface area contributed by atoms with Crippen LogP contribution in [0.4, 0.5) is 8.78 Å². The molecule has 3 rings (SSSR count). The lowest BCUT2D eigenvalue weighted by molar-refractivity contribution is -0.130. The van der Waals surface area contributed by atoms with Crippen molar-refractivity contribution in [3.8, 4) is 11.3 Å². The lowest BCUT2D eigenvalue weighted by Crippen LogP contribution is -2.27. The lowest BCUT2D eigenvalue weighted by Gasteiger charge is -2.19. The van der Waals surface area contributed by atoms with Crippen molar-refractivity contribution in [3.05, 3.63) is 77.8 Å². The molecular weight excluding hydrogens is 348 g/mol. The van der Waals surface area contributed by atoms with Gasteiger partial charge in [-0.05, 0) is 23.1 Å². The molecule has 0 spiro atoms. The molecule has 4 nitrogen and oxygen atoms in total. The third-order valence-corrected chi connectivity index (χ3v) is 4.50. The minimum Gasteiger partial charge on any atom is -0.341 e. The van der Waals surface area contributed by atoms with Gasteiger partial charge < -0.3 is 9.88 Å². The SMILES string of the molecule is C[C@@H](CC(=O)N(C)Cc1ncc(-c2ccccc2)[nH]1)c1ccc(F)cc1F. The number of halogens is 2. The molecule has 0 aliphatic carbocycles. The zero-order valence-corrected chi connectivity index (χ0v) is 15.2. The molecule has 140 valence electrons. The summed E-state index contributed by atoms with van der Waals surface area (Å²) in [6, 6.07) is 13.2. The van der Waals surface area contributed by atoms with E-state index in [9.17, 15) is 13.6 Å². The number of aromatic amines is 1. The smallest absolute Gasteiger partial charge is 0.223 e. The molecule has 0 aliphatic rings. The van der Waals surface area contributed by atoms with Gasteiger partial charge in [0.2, 0.25) is 5.91 Å². The maximum atomic E-state index is 13.9. The van der Waals surface area contributed by atoms with Crippen LogP contribution in [0, 0.1) is 11.6 Å². The number of imidazole rings is 1. The van der Waals surface area contributed by atoms with Crippen molar-refractivity contribution in [1.82, 2.24) is 14.9 Å². The van der Waals surface area contributed by atoms with Gasteiger partial charge in [-0.15, -0.1) is 0 Å². The number of benzene rings is 2. The largest absolute Gasteiger partial charge is 0.341 e. The summed E-state index contributed by atoms with van der Waals surface area (Å²) in [5.74, 6) is -1.07. The third-order valence-electron chi connectivity index (χ3n) is 4.50. The maximum absolute atomic E-state index is 13.9. The van der Waals surface area contributed by atoms with Crippen molar-refractivity contribution in [2.75, 3.05) is 7.05 Å². The standard InChI is InChI=1S/C21H21F2N3O/c1-14(17-9-8-16(22)11-18(17)23)10-21(27)26(2)13-20-24-12-19(25-20)15-6-4-3-5-7-15/h3-9,11-12,14H,10,13H2,1-2H3,(H,24,25)/t14-/m0/s1. The van der Waals surface area contributed by atoms with Crippen LogP contribution in [-0.2, 0) is 11.3 Å². The summed E-state index contributed by atoms with van der Waals surface area (Å²) in [7, 11) is 1.68. The number of carbonyl (C=O) groups is 1. The number of H-pyrrole nitrogens is 1. The molecule has 0 unspecified atom stereocenters. The van der Waals surface area contributed by atoms with Crippen LogP contribution in [0.2, 0.25) is 0 Å². The van der Waals surface area contributed by atoms with Crippen molar-refractivity contribution < 1.29 is 13.6 Å². The van der Waals surface area contributed by atoms with E-state index in [4.69, 9.17) is 0 Å². The average molecular weight is 369 g/mol. The zero-order valence-electron chi connectivity index (χ0n) is 15.2. The van der Waals surface area contributed by atoms with Gasteiger partial charge >= 0.3 is 0 Å². The monoisotopic (exact) mass is 369 g/mol. The van der Waals surface area contributed by atoms with Gasteiger partial charge in [-0.2, -0.15) is 0 Å². The van der Waals surface area contributed by atoms with E-state index in [0.717, 1.165) is 17.3 Å². The molecule has 0 bridgehead atoms. The summed E-state index contributed by atoms with van der Waals surface area (Å²) in [5.41, 5.74) is 2.24. The predicted octanol–water partition coefficient (Wildman–Crippen LogP) is 4.51. The zero-order chi connectivity index (χ0) is 19.4. The van der Waals surface area contributed by atoms with Crippen LogP contribution in [0.5, 0.6) is 0 Å². The molecule has 1 N–H and O–H groups in total. The second-order valence-electron chi connectivity index (χ2n) is 6.63. The van der Waals surface area contributed by atoms with E-state index >= 15 is 0 Å². The van der Waals surface area contributed by atoms with Crippen molar-refractivity contribution in [3.63, 3.8) is 0 Å². The van der Waals surface area contributed by atoms with Crippen LogP contribution in [0.1, 0.15) is 30.7 Å². The highest BCUT2D eigenvalue weighted by atomic mass is 19.1. The van der Waals surface area contributed by atoms with Gasteiger partial charge in [0.1, 0.15) is 17.5 Å². The fourth-order valence-corrected chi connectivity index (χ4v) is 2.95. The van der Waals surface area contributed by atoms with Crippen molar-refractivity contribution in [2.24, 2.45) is 0 Å². The normalized spacial score (nSPS) is 12.0. The van der Waals surface area contributed by atoms with E-state index in [1.165, 1.54) is 12.1 Å². The second kappa shape index (κ2) is 8.12. The number of hydrogen-bond acceptors (Lipinski definition) is 2. The highest BCUT2D eigenvalue weighted by molar-refractivity contribution is 5.76. The van der Waals surface area contributed by atoms with E-state index in [0.29, 0.717) is 17.9 Å². The van der Waals surface area contributed by atoms with Gasteiger partial charge in [0.25, 0.3) is 0 Å². The fourth-order valence-electron chi connectivity index (χ4n) is 2.95. The first-order chi connectivity index (χ1) is 12.9. The second-order valence-corrected chi connectivity index (χ2v) is 6.63. The Morgan fingerprint density at radius 2 is 1.93 bits per heavy atom. The number of hydrogen-bond donors (Lipinski definition) is 1. The van der Waals surface area contributed by atoms with E-state index in [2.05, 4.69) is 9.97 Å². The molecule has 0 aliphatic heterocycles. The van der Waals surface area contributed by atoms with E-state index < -0.39 is 11.6 Å². The molecule has 0 saturated heterocycles. The summed E-state index contributed by atoms with van der Waals surface area (Å²) in [6.07, 6.45) is 1.87. The van der Waals surface area contributed by atoms with E-state index in [-0.39, 0.29) is 18.2 Å². The van der Waals surface area contributed by atoms with Gasteiger partial charge in [0, 0.05) is 19.5 Å². The lowest BCUT2D eigenvalue weighted by atomic mass is 9.96. The van der Waals surface area contributed by atoms with Gasteiger partial charge in [0.15, 0.2) is 0 Å². The third kappa shape index (κ3) is 4.58. The van der Waals surface area contributed by atoms with E-state index in [1.54, 1.807) is 25.1 Å². The fraction of sp³-hybridized carbons (Fsp3) is 0.238. The van der Waals surface area contributed by atoms with Crippen molar-refractivity contribution >= 4 is 5.91 Å². The molecule has 1 atom stereocenters. The predicted molar refractivity (Wildman–Crippen MR) is 99.9 cm³/mol. The Morgan fingerprint density at radius 1 is 1.19 bits per heavy atom. The summed E-state index contributed by atoms with van der Waals surface area (Å²) in [4.78, 5) is 21.6. The minimum atomic E-state index is -0.628. The number of nitrogens with zero attached hydrogens (tertiary/aromatic N) is 2. The van der Waals surface area contributed by atoms with Crippen LogP contribution >= 0.6 is 0 Å². The van der Waals surface area contributed by atoms with Gasteiger partial charge in [0.05, 0.1) is 18.4 Å². The van der Waals surface area contributed by atoms with Crippen molar-refractivity contribution in [2.45, 2.75) is 25.8 Å². The molecule has 0 fully saturated rings. The Labute approximate surface area is 156 Å². The van der Waals surface area contributed by atoms with E-state index in [1.807, 2.05) is 30.3 Å². The van der Waals surface area contributed by atoms with Gasteiger partial charge in [-0.3, -0.25) is 4.79 Å². The Hall–Kier alpha value is -3.02. The first-order valence-electron chi connectivity index (χ1n) is 8.72. The van der Waals surface area contributed by atoms with Crippen molar-refractivity contribution in [1.29, 1.82) is 0 Å². The summed E-state index contributed by atoms with van der Waals surface area (Å²) >= 11 is 0. The molecule has 2 aromatic carbocycles. The molecule has 0 radical (unpaired) electrons. The van der Waals surface area contributed by atoms with Crippen LogP contribution in [0.3, 0.4) is 0 Å². The summed E-state index contributed by atoms with van der Waals surface area (Å²) in [6.45, 7) is 2.08. The highest BCUT2D eigenvalue weighted by Crippen LogP contribution is 2.24. The molecule has 3 aromatic rings.